The molecule has 1 heterocycles. The largest absolute Gasteiger partial charge is 0.411 e. The Balaban J connectivity index is 2.17. The standard InChI is InChI=1S/C25H23N3O/c1-19-24(18-26-29)20(2)28(27-19)25(21-12-6-3-7-13-21,22-14-8-4-9-15-22)23-16-10-5-11-17-23/h3-18,29H,1-2H3/b26-18+. The maximum Gasteiger partial charge on any atom is 0.138 e. The van der Waals surface area contributed by atoms with Crippen LogP contribution in [-0.2, 0) is 5.54 Å². The van der Waals surface area contributed by atoms with E-state index in [2.05, 4.69) is 82.6 Å². The van der Waals surface area contributed by atoms with Crippen molar-refractivity contribution in [2.75, 3.05) is 0 Å². The van der Waals surface area contributed by atoms with Crippen molar-refractivity contribution in [1.29, 1.82) is 0 Å². The molecule has 4 aromatic rings. The number of hydrogen-bond acceptors (Lipinski definition) is 3. The minimum atomic E-state index is -0.666. The lowest BCUT2D eigenvalue weighted by Gasteiger charge is -2.37. The molecule has 4 rings (SSSR count). The van der Waals surface area contributed by atoms with E-state index in [9.17, 15) is 0 Å². The fraction of sp³-hybridized carbons (Fsp3) is 0.120. The van der Waals surface area contributed by atoms with Gasteiger partial charge in [0.2, 0.25) is 0 Å². The van der Waals surface area contributed by atoms with Crippen LogP contribution in [0.15, 0.2) is 96.2 Å². The number of aromatic nitrogens is 2. The molecule has 0 aliphatic heterocycles. The van der Waals surface area contributed by atoms with Gasteiger partial charge in [0.05, 0.1) is 11.9 Å². The van der Waals surface area contributed by atoms with Gasteiger partial charge in [0.25, 0.3) is 0 Å². The first kappa shape index (κ1) is 18.7. The maximum absolute atomic E-state index is 9.16. The molecule has 1 aromatic heterocycles. The van der Waals surface area contributed by atoms with E-state index in [1.165, 1.54) is 6.21 Å². The lowest BCUT2D eigenvalue weighted by molar-refractivity contribution is 0.322. The minimum absolute atomic E-state index is 0.666. The molecule has 144 valence electrons. The third kappa shape index (κ3) is 3.03. The zero-order valence-corrected chi connectivity index (χ0v) is 16.5. The molecule has 0 spiro atoms. The van der Waals surface area contributed by atoms with Crippen molar-refractivity contribution in [3.63, 3.8) is 0 Å². The van der Waals surface area contributed by atoms with E-state index in [1.807, 2.05) is 32.0 Å². The van der Waals surface area contributed by atoms with Gasteiger partial charge >= 0.3 is 0 Å². The molecule has 0 amide bonds. The van der Waals surface area contributed by atoms with Crippen LogP contribution in [0.2, 0.25) is 0 Å². The van der Waals surface area contributed by atoms with Gasteiger partial charge in [-0.05, 0) is 30.5 Å². The molecular weight excluding hydrogens is 358 g/mol. The highest BCUT2D eigenvalue weighted by Gasteiger charge is 2.40. The van der Waals surface area contributed by atoms with Crippen molar-refractivity contribution < 1.29 is 5.21 Å². The van der Waals surface area contributed by atoms with Crippen LogP contribution in [0, 0.1) is 13.8 Å². The van der Waals surface area contributed by atoms with Crippen molar-refractivity contribution in [3.8, 4) is 0 Å². The summed E-state index contributed by atoms with van der Waals surface area (Å²) in [7, 11) is 0. The second-order valence-electron chi connectivity index (χ2n) is 7.05. The van der Waals surface area contributed by atoms with E-state index in [0.717, 1.165) is 33.6 Å². The smallest absolute Gasteiger partial charge is 0.138 e. The Kier molecular flexibility index (Phi) is 5.00. The second kappa shape index (κ2) is 7.76. The van der Waals surface area contributed by atoms with Gasteiger partial charge in [-0.25, -0.2) is 4.68 Å². The molecule has 0 radical (unpaired) electrons. The Labute approximate surface area is 170 Å². The highest BCUT2D eigenvalue weighted by molar-refractivity contribution is 5.82. The zero-order valence-electron chi connectivity index (χ0n) is 16.5. The van der Waals surface area contributed by atoms with Crippen LogP contribution in [0.25, 0.3) is 0 Å². The summed E-state index contributed by atoms with van der Waals surface area (Å²) in [5, 5.41) is 17.4. The summed E-state index contributed by atoms with van der Waals surface area (Å²) in [4.78, 5) is 0. The van der Waals surface area contributed by atoms with Gasteiger partial charge < -0.3 is 5.21 Å². The van der Waals surface area contributed by atoms with E-state index in [-0.39, 0.29) is 0 Å². The Bertz CT molecular complexity index is 1020. The third-order valence-corrected chi connectivity index (χ3v) is 5.43. The Morgan fingerprint density at radius 1 is 0.759 bits per heavy atom. The number of benzene rings is 3. The molecule has 0 fully saturated rings. The summed E-state index contributed by atoms with van der Waals surface area (Å²) in [6.45, 7) is 3.95. The molecular formula is C25H23N3O. The van der Waals surface area contributed by atoms with Gasteiger partial charge in [-0.15, -0.1) is 0 Å². The highest BCUT2D eigenvalue weighted by atomic mass is 16.4. The number of nitrogens with zero attached hydrogens (tertiary/aromatic N) is 3. The van der Waals surface area contributed by atoms with Crippen LogP contribution in [0.1, 0.15) is 33.6 Å². The van der Waals surface area contributed by atoms with E-state index in [4.69, 9.17) is 10.3 Å². The first-order valence-electron chi connectivity index (χ1n) is 9.60. The molecule has 3 aromatic carbocycles. The van der Waals surface area contributed by atoms with E-state index in [0.29, 0.717) is 0 Å². The topological polar surface area (TPSA) is 50.4 Å². The van der Waals surface area contributed by atoms with Crippen molar-refractivity contribution in [1.82, 2.24) is 9.78 Å². The van der Waals surface area contributed by atoms with Crippen LogP contribution in [0.5, 0.6) is 0 Å². The summed E-state index contributed by atoms with van der Waals surface area (Å²) in [5.74, 6) is 0. The van der Waals surface area contributed by atoms with Crippen LogP contribution < -0.4 is 0 Å². The average Bonchev–Trinajstić information content (AvgIpc) is 3.06. The highest BCUT2D eigenvalue weighted by Crippen LogP contribution is 2.41. The van der Waals surface area contributed by atoms with Crippen LogP contribution in [0.3, 0.4) is 0 Å². The predicted molar refractivity (Wildman–Crippen MR) is 116 cm³/mol. The molecule has 4 nitrogen and oxygen atoms in total. The molecule has 0 aliphatic rings. The molecule has 0 atom stereocenters. The zero-order chi connectivity index (χ0) is 20.3. The third-order valence-electron chi connectivity index (χ3n) is 5.43. The number of rotatable bonds is 5. The van der Waals surface area contributed by atoms with Crippen molar-refractivity contribution in [2.45, 2.75) is 19.4 Å². The summed E-state index contributed by atoms with van der Waals surface area (Å²) in [6, 6.07) is 31.2. The predicted octanol–water partition coefficient (Wildman–Crippen LogP) is 5.15. The Hall–Kier alpha value is -3.66. The van der Waals surface area contributed by atoms with Crippen molar-refractivity contribution in [3.05, 3.63) is 125 Å². The summed E-state index contributed by atoms with van der Waals surface area (Å²) in [6.07, 6.45) is 1.46. The van der Waals surface area contributed by atoms with Crippen LogP contribution in [-0.4, -0.2) is 21.2 Å². The van der Waals surface area contributed by atoms with Gasteiger partial charge in [0.15, 0.2) is 0 Å². The maximum atomic E-state index is 9.16. The number of aryl methyl sites for hydroxylation is 1. The molecule has 0 unspecified atom stereocenters. The normalized spacial score (nSPS) is 11.8. The Morgan fingerprint density at radius 2 is 1.17 bits per heavy atom. The van der Waals surface area contributed by atoms with Crippen molar-refractivity contribution in [2.24, 2.45) is 5.16 Å². The molecule has 4 heteroatoms. The van der Waals surface area contributed by atoms with Crippen molar-refractivity contribution >= 4 is 6.21 Å². The monoisotopic (exact) mass is 381 g/mol. The quantitative estimate of drug-likeness (QED) is 0.225. The SMILES string of the molecule is Cc1nn(C(c2ccccc2)(c2ccccc2)c2ccccc2)c(C)c1/C=N/O. The molecule has 0 saturated heterocycles. The van der Waals surface area contributed by atoms with Crippen LogP contribution in [0.4, 0.5) is 0 Å². The van der Waals surface area contributed by atoms with Gasteiger partial charge in [-0.2, -0.15) is 5.10 Å². The molecule has 29 heavy (non-hydrogen) atoms. The van der Waals surface area contributed by atoms with E-state index in [1.54, 1.807) is 0 Å². The lowest BCUT2D eigenvalue weighted by atomic mass is 9.77. The van der Waals surface area contributed by atoms with Gasteiger partial charge in [-0.1, -0.05) is 96.2 Å². The van der Waals surface area contributed by atoms with Gasteiger partial charge in [0.1, 0.15) is 5.54 Å². The van der Waals surface area contributed by atoms with Gasteiger partial charge in [0, 0.05) is 11.3 Å². The fourth-order valence-corrected chi connectivity index (χ4v) is 4.13. The van der Waals surface area contributed by atoms with Crippen LogP contribution >= 0.6 is 0 Å². The number of oxime groups is 1. The molecule has 0 saturated carbocycles. The summed E-state index contributed by atoms with van der Waals surface area (Å²) < 4.78 is 2.05. The van der Waals surface area contributed by atoms with Gasteiger partial charge in [-0.3, -0.25) is 0 Å². The molecule has 0 bridgehead atoms. The summed E-state index contributed by atoms with van der Waals surface area (Å²) >= 11 is 0. The fourth-order valence-electron chi connectivity index (χ4n) is 4.13. The van der Waals surface area contributed by atoms with E-state index < -0.39 is 5.54 Å². The molecule has 0 aliphatic carbocycles. The minimum Gasteiger partial charge on any atom is -0.411 e. The first-order chi connectivity index (χ1) is 14.2. The second-order valence-corrected chi connectivity index (χ2v) is 7.05. The lowest BCUT2D eigenvalue weighted by Crippen LogP contribution is -2.39. The summed E-state index contributed by atoms with van der Waals surface area (Å²) in [5.41, 5.74) is 5.21. The molecule has 1 N–H and O–H groups in total. The Morgan fingerprint density at radius 3 is 1.55 bits per heavy atom. The first-order valence-corrected chi connectivity index (χ1v) is 9.60. The van der Waals surface area contributed by atoms with E-state index >= 15 is 0 Å². The number of hydrogen-bond donors (Lipinski definition) is 1. The average molecular weight is 381 g/mol.